The van der Waals surface area contributed by atoms with Gasteiger partial charge >= 0.3 is 0 Å². The van der Waals surface area contributed by atoms with Gasteiger partial charge in [0.25, 0.3) is 0 Å². The summed E-state index contributed by atoms with van der Waals surface area (Å²) in [5, 5.41) is 0. The highest BCUT2D eigenvalue weighted by molar-refractivity contribution is 6.43. The van der Waals surface area contributed by atoms with Crippen LogP contribution in [0.5, 0.6) is 0 Å². The molecule has 2 heteroatoms. The van der Waals surface area contributed by atoms with Gasteiger partial charge in [0.05, 0.1) is 22.8 Å². The zero-order chi connectivity index (χ0) is 31.5. The highest BCUT2D eigenvalue weighted by atomic mass is 14.8. The maximum absolute atomic E-state index is 5.30. The standard InChI is InChI=1S/C42H68N2/c1-5-9-13-15-17-19-21-23-27-37-29-25-31-39(35-37)43-41(33-11-7-3)42(34-12-8-4)44-40-32-26-30-38(36-40)28-24-22-20-18-16-14-10-6-2/h25-26,29-32,35-36H,5-24,27-28,33-34H2,1-4H3. The lowest BCUT2D eigenvalue weighted by atomic mass is 10.0. The Balaban J connectivity index is 2.07. The third kappa shape index (κ3) is 17.9. The molecule has 0 saturated carbocycles. The third-order valence-electron chi connectivity index (χ3n) is 8.85. The molecular formula is C42H68N2. The molecule has 2 nitrogen and oxygen atoms in total. The molecule has 0 aliphatic heterocycles. The molecule has 0 saturated heterocycles. The molecule has 0 spiro atoms. The van der Waals surface area contributed by atoms with Crippen molar-refractivity contribution in [1.82, 2.24) is 0 Å². The first kappa shape index (κ1) is 38.0. The van der Waals surface area contributed by atoms with E-state index in [-0.39, 0.29) is 0 Å². The minimum absolute atomic E-state index is 0.999. The molecule has 246 valence electrons. The summed E-state index contributed by atoms with van der Waals surface area (Å²) < 4.78 is 0. The van der Waals surface area contributed by atoms with Crippen molar-refractivity contribution in [2.24, 2.45) is 9.98 Å². The van der Waals surface area contributed by atoms with Gasteiger partial charge in [0.2, 0.25) is 0 Å². The zero-order valence-corrected chi connectivity index (χ0v) is 29.5. The van der Waals surface area contributed by atoms with Crippen LogP contribution in [0.15, 0.2) is 58.5 Å². The van der Waals surface area contributed by atoms with Crippen LogP contribution < -0.4 is 0 Å². The summed E-state index contributed by atoms with van der Waals surface area (Å²) in [4.78, 5) is 10.6. The molecule has 2 rings (SSSR count). The van der Waals surface area contributed by atoms with E-state index in [1.54, 1.807) is 0 Å². The number of benzene rings is 2. The van der Waals surface area contributed by atoms with E-state index in [4.69, 9.17) is 9.98 Å². The Labute approximate surface area is 273 Å². The van der Waals surface area contributed by atoms with Gasteiger partial charge in [-0.15, -0.1) is 0 Å². The van der Waals surface area contributed by atoms with Crippen molar-refractivity contribution in [3.63, 3.8) is 0 Å². The van der Waals surface area contributed by atoms with E-state index in [2.05, 4.69) is 76.2 Å². The number of aliphatic imine (C=N–C) groups is 2. The molecule has 0 N–H and O–H groups in total. The average Bonchev–Trinajstić information content (AvgIpc) is 3.04. The molecular weight excluding hydrogens is 532 g/mol. The Bertz CT molecular complexity index is 950. The molecule has 0 aliphatic rings. The van der Waals surface area contributed by atoms with E-state index in [1.165, 1.54) is 138 Å². The molecule has 0 radical (unpaired) electrons. The molecule has 0 atom stereocenters. The monoisotopic (exact) mass is 601 g/mol. The summed E-state index contributed by atoms with van der Waals surface area (Å²) in [5.41, 5.74) is 7.43. The van der Waals surface area contributed by atoms with E-state index < -0.39 is 0 Å². The molecule has 0 fully saturated rings. The molecule has 2 aromatic carbocycles. The highest BCUT2D eigenvalue weighted by Crippen LogP contribution is 2.23. The van der Waals surface area contributed by atoms with Gasteiger partial charge in [0, 0.05) is 0 Å². The Morgan fingerprint density at radius 1 is 0.409 bits per heavy atom. The lowest BCUT2D eigenvalue weighted by Crippen LogP contribution is -2.14. The molecule has 44 heavy (non-hydrogen) atoms. The Hall–Kier alpha value is -2.22. The molecule has 0 unspecified atom stereocenters. The second kappa shape index (κ2) is 26.0. The topological polar surface area (TPSA) is 24.7 Å². The largest absolute Gasteiger partial charge is 0.252 e. The van der Waals surface area contributed by atoms with E-state index in [1.807, 2.05) is 0 Å². The number of unbranched alkanes of at least 4 members (excludes halogenated alkanes) is 16. The summed E-state index contributed by atoms with van der Waals surface area (Å²) in [6.07, 6.45) is 30.8. The molecule has 0 aromatic heterocycles. The average molecular weight is 601 g/mol. The molecule has 0 heterocycles. The second-order valence-corrected chi connectivity index (χ2v) is 13.1. The van der Waals surface area contributed by atoms with Crippen molar-refractivity contribution in [2.75, 3.05) is 0 Å². The molecule has 0 amide bonds. The Kier molecular flexibility index (Phi) is 22.5. The van der Waals surface area contributed by atoms with Crippen molar-refractivity contribution in [3.8, 4) is 0 Å². The van der Waals surface area contributed by atoms with E-state index >= 15 is 0 Å². The molecule has 2 aromatic rings. The van der Waals surface area contributed by atoms with E-state index in [0.29, 0.717) is 0 Å². The van der Waals surface area contributed by atoms with Gasteiger partial charge in [-0.1, -0.05) is 155 Å². The third-order valence-corrected chi connectivity index (χ3v) is 8.85. The van der Waals surface area contributed by atoms with Gasteiger partial charge in [0.15, 0.2) is 0 Å². The summed E-state index contributed by atoms with van der Waals surface area (Å²) >= 11 is 0. The minimum Gasteiger partial charge on any atom is -0.252 e. The van der Waals surface area contributed by atoms with Crippen LogP contribution in [0.4, 0.5) is 11.4 Å². The fourth-order valence-corrected chi connectivity index (χ4v) is 6.02. The van der Waals surface area contributed by atoms with Gasteiger partial charge in [-0.3, -0.25) is 9.98 Å². The van der Waals surface area contributed by atoms with Gasteiger partial charge in [-0.2, -0.15) is 0 Å². The van der Waals surface area contributed by atoms with Gasteiger partial charge < -0.3 is 0 Å². The normalized spacial score (nSPS) is 12.3. The fourth-order valence-electron chi connectivity index (χ4n) is 6.02. The van der Waals surface area contributed by atoms with Crippen LogP contribution in [0.3, 0.4) is 0 Å². The number of rotatable bonds is 27. The predicted molar refractivity (Wildman–Crippen MR) is 199 cm³/mol. The fraction of sp³-hybridized carbons (Fsp3) is 0.667. The van der Waals surface area contributed by atoms with Crippen LogP contribution in [0.25, 0.3) is 0 Å². The van der Waals surface area contributed by atoms with E-state index in [9.17, 15) is 0 Å². The van der Waals surface area contributed by atoms with Gasteiger partial charge in [0.1, 0.15) is 0 Å². The summed E-state index contributed by atoms with van der Waals surface area (Å²) in [6, 6.07) is 18.0. The first-order valence-electron chi connectivity index (χ1n) is 19.0. The van der Waals surface area contributed by atoms with Gasteiger partial charge in [-0.05, 0) is 86.8 Å². The lowest BCUT2D eigenvalue weighted by molar-refractivity contribution is 0.575. The summed E-state index contributed by atoms with van der Waals surface area (Å²) in [5.74, 6) is 0. The van der Waals surface area contributed by atoms with Crippen molar-refractivity contribution >= 4 is 22.8 Å². The van der Waals surface area contributed by atoms with Crippen LogP contribution in [-0.4, -0.2) is 11.4 Å². The van der Waals surface area contributed by atoms with Gasteiger partial charge in [-0.25, -0.2) is 0 Å². The Morgan fingerprint density at radius 2 is 0.750 bits per heavy atom. The maximum Gasteiger partial charge on any atom is 0.0636 e. The van der Waals surface area contributed by atoms with E-state index in [0.717, 1.165) is 49.9 Å². The minimum atomic E-state index is 0.999. The Morgan fingerprint density at radius 3 is 1.11 bits per heavy atom. The van der Waals surface area contributed by atoms with Crippen LogP contribution in [0.1, 0.15) is 180 Å². The zero-order valence-electron chi connectivity index (χ0n) is 29.5. The summed E-state index contributed by atoms with van der Waals surface area (Å²) in [7, 11) is 0. The maximum atomic E-state index is 5.30. The van der Waals surface area contributed by atoms with Crippen LogP contribution >= 0.6 is 0 Å². The van der Waals surface area contributed by atoms with Crippen molar-refractivity contribution in [1.29, 1.82) is 0 Å². The SMILES string of the molecule is CCCCCCCCCCc1cccc(N=C(CCCC)C(CCCC)=Nc2cccc(CCCCCCCCCC)c2)c1. The number of hydrogen-bond acceptors (Lipinski definition) is 2. The lowest BCUT2D eigenvalue weighted by Gasteiger charge is -2.12. The van der Waals surface area contributed by atoms with Crippen molar-refractivity contribution < 1.29 is 0 Å². The number of hydrogen-bond donors (Lipinski definition) is 0. The van der Waals surface area contributed by atoms with Crippen molar-refractivity contribution in [3.05, 3.63) is 59.7 Å². The predicted octanol–water partition coefficient (Wildman–Crippen LogP) is 14.3. The smallest absolute Gasteiger partial charge is 0.0636 e. The summed E-state index contributed by atoms with van der Waals surface area (Å²) in [6.45, 7) is 9.14. The first-order valence-corrected chi connectivity index (χ1v) is 19.0. The molecule has 0 aliphatic carbocycles. The van der Waals surface area contributed by atoms with Crippen LogP contribution in [0, 0.1) is 0 Å². The van der Waals surface area contributed by atoms with Crippen LogP contribution in [0.2, 0.25) is 0 Å². The number of nitrogens with zero attached hydrogens (tertiary/aromatic N) is 2. The molecule has 0 bridgehead atoms. The number of aryl methyl sites for hydroxylation is 2. The quantitative estimate of drug-likeness (QED) is 0.0720. The second-order valence-electron chi connectivity index (χ2n) is 13.1. The van der Waals surface area contributed by atoms with Crippen molar-refractivity contribution in [2.45, 2.75) is 182 Å². The highest BCUT2D eigenvalue weighted by Gasteiger charge is 2.11. The first-order chi connectivity index (χ1) is 21.7. The van der Waals surface area contributed by atoms with Crippen LogP contribution in [-0.2, 0) is 12.8 Å².